The van der Waals surface area contributed by atoms with Crippen LogP contribution in [0.4, 0.5) is 17.5 Å². The molecule has 1 aliphatic heterocycles. The molecule has 0 saturated heterocycles. The molecule has 1 aliphatic rings. The number of carbonyl (C=O) groups is 2. The number of nitrogens with two attached hydrogens (primary N) is 1. The van der Waals surface area contributed by atoms with Crippen molar-refractivity contribution in [2.75, 3.05) is 16.4 Å². The van der Waals surface area contributed by atoms with E-state index in [-0.39, 0.29) is 23.2 Å². The van der Waals surface area contributed by atoms with Crippen molar-refractivity contribution < 1.29 is 14.7 Å². The van der Waals surface area contributed by atoms with Gasteiger partial charge in [-0.1, -0.05) is 0 Å². The van der Waals surface area contributed by atoms with Crippen molar-refractivity contribution in [2.45, 2.75) is 0 Å². The molecule has 0 unspecified atom stereocenters. The fourth-order valence-corrected chi connectivity index (χ4v) is 1.29. The fraction of sp³-hybridized carbons (Fsp3) is 0. The molecule has 0 fully saturated rings. The molecule has 17 heavy (non-hydrogen) atoms. The molecule has 0 bridgehead atoms. The van der Waals surface area contributed by atoms with Gasteiger partial charge in [-0.05, 0) is 0 Å². The molecule has 0 aliphatic carbocycles. The molecule has 0 spiro atoms. The highest BCUT2D eigenvalue weighted by Crippen LogP contribution is 2.21. The quantitative estimate of drug-likeness (QED) is 0.380. The van der Waals surface area contributed by atoms with Crippen LogP contribution in [0.2, 0.25) is 0 Å². The number of carbonyl (C=O) groups excluding carboxylic acids is 1. The van der Waals surface area contributed by atoms with Gasteiger partial charge >= 0.3 is 5.97 Å². The Morgan fingerprint density at radius 3 is 2.71 bits per heavy atom. The third-order valence-electron chi connectivity index (χ3n) is 1.94. The van der Waals surface area contributed by atoms with E-state index >= 15 is 0 Å². The SMILES string of the molecule is Nc1nc2c(c(=O)[nH]1)NC(=O)/C(=C\C(=O)O)N2. The monoisotopic (exact) mass is 237 g/mol. The smallest absolute Gasteiger partial charge is 0.330 e. The predicted octanol–water partition coefficient (Wildman–Crippen LogP) is -1.32. The Balaban J connectivity index is 2.52. The maximum Gasteiger partial charge on any atom is 0.330 e. The molecular formula is C8H7N5O4. The van der Waals surface area contributed by atoms with Gasteiger partial charge in [0.1, 0.15) is 5.70 Å². The highest BCUT2D eigenvalue weighted by atomic mass is 16.4. The first-order valence-corrected chi connectivity index (χ1v) is 4.40. The second kappa shape index (κ2) is 3.63. The Labute approximate surface area is 93.4 Å². The zero-order valence-electron chi connectivity index (χ0n) is 8.27. The number of carboxylic acid groups (broad SMARTS) is 1. The molecule has 0 radical (unpaired) electrons. The lowest BCUT2D eigenvalue weighted by atomic mass is 10.2. The number of H-pyrrole nitrogens is 1. The summed E-state index contributed by atoms with van der Waals surface area (Å²) in [6.07, 6.45) is 0.664. The molecule has 6 N–H and O–H groups in total. The molecule has 9 heteroatoms. The van der Waals surface area contributed by atoms with E-state index in [1.54, 1.807) is 0 Å². The van der Waals surface area contributed by atoms with E-state index in [1.165, 1.54) is 0 Å². The van der Waals surface area contributed by atoms with E-state index < -0.39 is 17.4 Å². The number of nitrogen functional groups attached to an aromatic ring is 1. The number of anilines is 3. The number of hydrogen-bond acceptors (Lipinski definition) is 6. The Kier molecular flexibility index (Phi) is 2.28. The predicted molar refractivity (Wildman–Crippen MR) is 57.2 cm³/mol. The van der Waals surface area contributed by atoms with Crippen LogP contribution in [-0.2, 0) is 9.59 Å². The number of fused-ring (bicyclic) bond motifs is 1. The number of aromatic nitrogens is 2. The number of nitrogens with zero attached hydrogens (tertiary/aromatic N) is 1. The molecule has 9 nitrogen and oxygen atoms in total. The molecule has 1 amide bonds. The number of aliphatic carboxylic acids is 1. The molecule has 88 valence electrons. The van der Waals surface area contributed by atoms with Crippen LogP contribution < -0.4 is 21.9 Å². The van der Waals surface area contributed by atoms with Gasteiger partial charge in [-0.3, -0.25) is 14.6 Å². The number of carboxylic acids is 1. The van der Waals surface area contributed by atoms with E-state index in [1.807, 2.05) is 0 Å². The highest BCUT2D eigenvalue weighted by Gasteiger charge is 2.24. The van der Waals surface area contributed by atoms with Crippen molar-refractivity contribution in [3.8, 4) is 0 Å². The van der Waals surface area contributed by atoms with Gasteiger partial charge in [0, 0.05) is 0 Å². The lowest BCUT2D eigenvalue weighted by Gasteiger charge is -2.18. The Morgan fingerprint density at radius 2 is 2.06 bits per heavy atom. The summed E-state index contributed by atoms with van der Waals surface area (Å²) >= 11 is 0. The minimum atomic E-state index is -1.30. The van der Waals surface area contributed by atoms with Crippen LogP contribution in [0.25, 0.3) is 0 Å². The zero-order chi connectivity index (χ0) is 12.6. The standard InChI is InChI=1S/C8H7N5O4/c9-8-12-5-4(7(17)13-8)11-6(16)2(10-5)1-3(14)15/h1H,(H,11,16)(H,14,15)(H4,9,10,12,13,17)/b2-1+. The lowest BCUT2D eigenvalue weighted by Crippen LogP contribution is -2.32. The van der Waals surface area contributed by atoms with Crippen LogP contribution in [-0.4, -0.2) is 27.0 Å². The van der Waals surface area contributed by atoms with Crippen LogP contribution in [0.1, 0.15) is 0 Å². The van der Waals surface area contributed by atoms with Crippen molar-refractivity contribution in [3.63, 3.8) is 0 Å². The summed E-state index contributed by atoms with van der Waals surface area (Å²) < 4.78 is 0. The molecule has 1 aromatic heterocycles. The zero-order valence-corrected chi connectivity index (χ0v) is 8.27. The first-order valence-electron chi connectivity index (χ1n) is 4.40. The van der Waals surface area contributed by atoms with Gasteiger partial charge in [0.15, 0.2) is 11.5 Å². The van der Waals surface area contributed by atoms with Gasteiger partial charge in [-0.15, -0.1) is 0 Å². The molecule has 0 saturated carbocycles. The number of aromatic amines is 1. The second-order valence-corrected chi connectivity index (χ2v) is 3.15. The van der Waals surface area contributed by atoms with E-state index in [2.05, 4.69) is 20.6 Å². The van der Waals surface area contributed by atoms with Crippen LogP contribution in [0, 0.1) is 0 Å². The minimum Gasteiger partial charge on any atom is -0.478 e. The summed E-state index contributed by atoms with van der Waals surface area (Å²) in [5.41, 5.74) is 4.35. The van der Waals surface area contributed by atoms with Crippen LogP contribution in [0.3, 0.4) is 0 Å². The fourth-order valence-electron chi connectivity index (χ4n) is 1.29. The average molecular weight is 237 g/mol. The van der Waals surface area contributed by atoms with E-state index in [0.29, 0.717) is 6.08 Å². The van der Waals surface area contributed by atoms with Crippen LogP contribution >= 0.6 is 0 Å². The third kappa shape index (κ3) is 1.93. The number of amides is 1. The average Bonchev–Trinajstić information content (AvgIpc) is 2.20. The van der Waals surface area contributed by atoms with Crippen molar-refractivity contribution in [1.29, 1.82) is 0 Å². The minimum absolute atomic E-state index is 0.00153. The van der Waals surface area contributed by atoms with E-state index in [9.17, 15) is 14.4 Å². The maximum absolute atomic E-state index is 11.4. The summed E-state index contributed by atoms with van der Waals surface area (Å²) in [4.78, 5) is 39.2. The normalized spacial score (nSPS) is 16.0. The summed E-state index contributed by atoms with van der Waals surface area (Å²) in [5, 5.41) is 13.2. The Hall–Kier alpha value is -2.84. The van der Waals surface area contributed by atoms with Crippen LogP contribution in [0.5, 0.6) is 0 Å². The molecule has 1 aromatic rings. The van der Waals surface area contributed by atoms with E-state index in [4.69, 9.17) is 10.8 Å². The molecule has 0 atom stereocenters. The largest absolute Gasteiger partial charge is 0.478 e. The Bertz CT molecular complexity index is 602. The molecule has 2 rings (SSSR count). The number of hydrogen-bond donors (Lipinski definition) is 5. The number of rotatable bonds is 1. The van der Waals surface area contributed by atoms with E-state index in [0.717, 1.165) is 0 Å². The topological polar surface area (TPSA) is 150 Å². The number of nitrogens with one attached hydrogen (secondary N) is 3. The van der Waals surface area contributed by atoms with Gasteiger partial charge in [0.25, 0.3) is 11.5 Å². The van der Waals surface area contributed by atoms with Gasteiger partial charge in [-0.25, -0.2) is 4.79 Å². The summed E-state index contributed by atoms with van der Waals surface area (Å²) in [6, 6.07) is 0. The van der Waals surface area contributed by atoms with Gasteiger partial charge in [-0.2, -0.15) is 4.98 Å². The second-order valence-electron chi connectivity index (χ2n) is 3.15. The maximum atomic E-state index is 11.4. The summed E-state index contributed by atoms with van der Waals surface area (Å²) in [5.74, 6) is -2.19. The van der Waals surface area contributed by atoms with Crippen molar-refractivity contribution in [2.24, 2.45) is 0 Å². The first-order chi connectivity index (χ1) is 7.97. The molecular weight excluding hydrogens is 230 g/mol. The highest BCUT2D eigenvalue weighted by molar-refractivity contribution is 6.12. The summed E-state index contributed by atoms with van der Waals surface area (Å²) in [6.45, 7) is 0. The van der Waals surface area contributed by atoms with Gasteiger partial charge < -0.3 is 21.5 Å². The third-order valence-corrected chi connectivity index (χ3v) is 1.94. The summed E-state index contributed by atoms with van der Waals surface area (Å²) in [7, 11) is 0. The first kappa shape index (κ1) is 10.7. The molecule has 0 aromatic carbocycles. The van der Waals surface area contributed by atoms with Crippen LogP contribution in [0.15, 0.2) is 16.6 Å². The van der Waals surface area contributed by atoms with Crippen molar-refractivity contribution in [3.05, 3.63) is 22.1 Å². The lowest BCUT2D eigenvalue weighted by molar-refractivity contribution is -0.131. The van der Waals surface area contributed by atoms with Crippen molar-refractivity contribution in [1.82, 2.24) is 9.97 Å². The van der Waals surface area contributed by atoms with Gasteiger partial charge in [0.05, 0.1) is 6.08 Å². The molecule has 2 heterocycles. The van der Waals surface area contributed by atoms with Gasteiger partial charge in [0.2, 0.25) is 5.95 Å². The van der Waals surface area contributed by atoms with Crippen molar-refractivity contribution >= 4 is 29.3 Å². The Morgan fingerprint density at radius 1 is 1.35 bits per heavy atom.